The first kappa shape index (κ1) is 8.93. The van der Waals surface area contributed by atoms with Gasteiger partial charge in [0.1, 0.15) is 11.6 Å². The van der Waals surface area contributed by atoms with E-state index < -0.39 is 0 Å². The standard InChI is InChI=1S/C9H13N5/c1-4-10-8-7-5-11-14(3)9(7)13-6(2)12-8/h5H,4H2,1-3H3,(H,10,12,13). The van der Waals surface area contributed by atoms with E-state index in [0.717, 1.165) is 29.2 Å². The van der Waals surface area contributed by atoms with Gasteiger partial charge < -0.3 is 5.32 Å². The molecular formula is C9H13N5. The second-order valence-corrected chi connectivity index (χ2v) is 3.16. The van der Waals surface area contributed by atoms with Crippen molar-refractivity contribution in [1.82, 2.24) is 19.7 Å². The number of anilines is 1. The number of rotatable bonds is 2. The SMILES string of the molecule is CCNc1nc(C)nc2c1cnn2C. The molecular weight excluding hydrogens is 178 g/mol. The molecule has 0 atom stereocenters. The molecule has 0 amide bonds. The van der Waals surface area contributed by atoms with Gasteiger partial charge in [-0.3, -0.25) is 4.68 Å². The van der Waals surface area contributed by atoms with E-state index in [2.05, 4.69) is 20.4 Å². The van der Waals surface area contributed by atoms with Gasteiger partial charge in [0.05, 0.1) is 11.6 Å². The van der Waals surface area contributed by atoms with Crippen LogP contribution in [0.5, 0.6) is 0 Å². The van der Waals surface area contributed by atoms with Crippen molar-refractivity contribution in [3.8, 4) is 0 Å². The van der Waals surface area contributed by atoms with Crippen LogP contribution in [0.3, 0.4) is 0 Å². The van der Waals surface area contributed by atoms with Crippen LogP contribution < -0.4 is 5.32 Å². The highest BCUT2D eigenvalue weighted by atomic mass is 15.3. The molecule has 2 rings (SSSR count). The highest BCUT2D eigenvalue weighted by Crippen LogP contribution is 2.18. The van der Waals surface area contributed by atoms with Gasteiger partial charge in [-0.05, 0) is 13.8 Å². The van der Waals surface area contributed by atoms with Crippen molar-refractivity contribution in [2.24, 2.45) is 7.05 Å². The molecule has 74 valence electrons. The normalized spacial score (nSPS) is 10.8. The van der Waals surface area contributed by atoms with Gasteiger partial charge in [-0.25, -0.2) is 9.97 Å². The predicted molar refractivity (Wildman–Crippen MR) is 55.2 cm³/mol. The Balaban J connectivity index is 2.68. The average molecular weight is 191 g/mol. The number of aryl methyl sites for hydroxylation is 2. The van der Waals surface area contributed by atoms with Gasteiger partial charge in [-0.15, -0.1) is 0 Å². The van der Waals surface area contributed by atoms with E-state index in [9.17, 15) is 0 Å². The van der Waals surface area contributed by atoms with Crippen LogP contribution in [0, 0.1) is 6.92 Å². The maximum Gasteiger partial charge on any atom is 0.163 e. The van der Waals surface area contributed by atoms with E-state index in [0.29, 0.717) is 0 Å². The molecule has 5 nitrogen and oxygen atoms in total. The quantitative estimate of drug-likeness (QED) is 0.772. The summed E-state index contributed by atoms with van der Waals surface area (Å²) in [6.45, 7) is 4.77. The monoisotopic (exact) mass is 191 g/mol. The smallest absolute Gasteiger partial charge is 0.163 e. The van der Waals surface area contributed by atoms with Gasteiger partial charge in [0.25, 0.3) is 0 Å². The third-order valence-electron chi connectivity index (χ3n) is 2.05. The van der Waals surface area contributed by atoms with E-state index in [1.54, 1.807) is 10.9 Å². The predicted octanol–water partition coefficient (Wildman–Crippen LogP) is 1.10. The second-order valence-electron chi connectivity index (χ2n) is 3.16. The Hall–Kier alpha value is -1.65. The fraction of sp³-hybridized carbons (Fsp3) is 0.444. The second kappa shape index (κ2) is 3.25. The average Bonchev–Trinajstić information content (AvgIpc) is 2.49. The van der Waals surface area contributed by atoms with Gasteiger partial charge in [0.15, 0.2) is 5.65 Å². The minimum atomic E-state index is 0.761. The fourth-order valence-corrected chi connectivity index (χ4v) is 1.43. The molecule has 0 aromatic carbocycles. The summed E-state index contributed by atoms with van der Waals surface area (Å²) in [6.07, 6.45) is 1.78. The molecule has 1 N–H and O–H groups in total. The summed E-state index contributed by atoms with van der Waals surface area (Å²) in [5.74, 6) is 1.63. The van der Waals surface area contributed by atoms with Crippen LogP contribution in [0.25, 0.3) is 11.0 Å². The van der Waals surface area contributed by atoms with Gasteiger partial charge in [0, 0.05) is 13.6 Å². The number of hydrogen-bond donors (Lipinski definition) is 1. The molecule has 0 unspecified atom stereocenters. The lowest BCUT2D eigenvalue weighted by Crippen LogP contribution is -2.03. The molecule has 0 radical (unpaired) electrons. The number of hydrogen-bond acceptors (Lipinski definition) is 4. The molecule has 2 heterocycles. The number of nitrogens with one attached hydrogen (secondary N) is 1. The van der Waals surface area contributed by atoms with Crippen LogP contribution >= 0.6 is 0 Å². The molecule has 2 aromatic heterocycles. The van der Waals surface area contributed by atoms with Crippen LogP contribution in [-0.2, 0) is 7.05 Å². The highest BCUT2D eigenvalue weighted by Gasteiger charge is 2.08. The van der Waals surface area contributed by atoms with Gasteiger partial charge in [-0.1, -0.05) is 0 Å². The summed E-state index contributed by atoms with van der Waals surface area (Å²) < 4.78 is 1.75. The van der Waals surface area contributed by atoms with Crippen molar-refractivity contribution in [2.75, 3.05) is 11.9 Å². The maximum absolute atomic E-state index is 4.33. The molecule has 2 aromatic rings. The first-order valence-corrected chi connectivity index (χ1v) is 4.62. The van der Waals surface area contributed by atoms with Crippen LogP contribution in [0.4, 0.5) is 5.82 Å². The molecule has 0 aliphatic carbocycles. The van der Waals surface area contributed by atoms with Crippen molar-refractivity contribution in [3.63, 3.8) is 0 Å². The highest BCUT2D eigenvalue weighted by molar-refractivity contribution is 5.86. The van der Waals surface area contributed by atoms with E-state index in [1.807, 2.05) is 20.9 Å². The molecule has 0 fully saturated rings. The topological polar surface area (TPSA) is 55.6 Å². The zero-order valence-corrected chi connectivity index (χ0v) is 8.57. The molecule has 0 saturated heterocycles. The zero-order valence-electron chi connectivity index (χ0n) is 8.57. The minimum Gasteiger partial charge on any atom is -0.370 e. The van der Waals surface area contributed by atoms with Crippen LogP contribution in [0.1, 0.15) is 12.7 Å². The van der Waals surface area contributed by atoms with Crippen molar-refractivity contribution >= 4 is 16.9 Å². The minimum absolute atomic E-state index is 0.761. The number of fused-ring (bicyclic) bond motifs is 1. The largest absolute Gasteiger partial charge is 0.370 e. The van der Waals surface area contributed by atoms with E-state index in [-0.39, 0.29) is 0 Å². The Morgan fingerprint density at radius 1 is 1.43 bits per heavy atom. The summed E-state index contributed by atoms with van der Waals surface area (Å²) in [5.41, 5.74) is 0.869. The Labute approximate surface area is 82.2 Å². The van der Waals surface area contributed by atoms with Crippen LogP contribution in [0.2, 0.25) is 0 Å². The van der Waals surface area contributed by atoms with E-state index >= 15 is 0 Å². The van der Waals surface area contributed by atoms with E-state index in [1.165, 1.54) is 0 Å². The molecule has 0 aliphatic heterocycles. The Bertz CT molecular complexity index is 459. The summed E-state index contributed by atoms with van der Waals surface area (Å²) in [4.78, 5) is 8.66. The maximum atomic E-state index is 4.33. The summed E-state index contributed by atoms with van der Waals surface area (Å²) in [5, 5.41) is 8.33. The van der Waals surface area contributed by atoms with Crippen LogP contribution in [0.15, 0.2) is 6.20 Å². The van der Waals surface area contributed by atoms with Gasteiger partial charge in [-0.2, -0.15) is 5.10 Å². The Morgan fingerprint density at radius 3 is 2.93 bits per heavy atom. The van der Waals surface area contributed by atoms with Gasteiger partial charge >= 0.3 is 0 Å². The molecule has 0 aliphatic rings. The first-order valence-electron chi connectivity index (χ1n) is 4.62. The zero-order chi connectivity index (χ0) is 10.1. The third-order valence-corrected chi connectivity index (χ3v) is 2.05. The van der Waals surface area contributed by atoms with Crippen molar-refractivity contribution in [2.45, 2.75) is 13.8 Å². The molecule has 5 heteroatoms. The fourth-order valence-electron chi connectivity index (χ4n) is 1.43. The molecule has 0 spiro atoms. The summed E-state index contributed by atoms with van der Waals surface area (Å²) in [6, 6.07) is 0. The molecule has 0 saturated carbocycles. The van der Waals surface area contributed by atoms with Crippen molar-refractivity contribution < 1.29 is 0 Å². The van der Waals surface area contributed by atoms with Crippen LogP contribution in [-0.4, -0.2) is 26.3 Å². The lowest BCUT2D eigenvalue weighted by molar-refractivity contribution is 0.783. The number of aromatic nitrogens is 4. The van der Waals surface area contributed by atoms with Gasteiger partial charge in [0.2, 0.25) is 0 Å². The van der Waals surface area contributed by atoms with Crippen molar-refractivity contribution in [3.05, 3.63) is 12.0 Å². The van der Waals surface area contributed by atoms with E-state index in [4.69, 9.17) is 0 Å². The Kier molecular flexibility index (Phi) is 2.07. The lowest BCUT2D eigenvalue weighted by Gasteiger charge is -2.04. The number of nitrogens with zero attached hydrogens (tertiary/aromatic N) is 4. The lowest BCUT2D eigenvalue weighted by atomic mass is 10.4. The molecule has 14 heavy (non-hydrogen) atoms. The summed E-state index contributed by atoms with van der Waals surface area (Å²) in [7, 11) is 1.88. The Morgan fingerprint density at radius 2 is 2.21 bits per heavy atom. The summed E-state index contributed by atoms with van der Waals surface area (Å²) >= 11 is 0. The third kappa shape index (κ3) is 1.30. The van der Waals surface area contributed by atoms with Crippen molar-refractivity contribution in [1.29, 1.82) is 0 Å². The first-order chi connectivity index (χ1) is 6.72. The molecule has 0 bridgehead atoms.